The largest absolute Gasteiger partial charge is 0.310 e. The number of hydrogen-bond acceptors (Lipinski definition) is 2. The Labute approximate surface area is 484 Å². The fourth-order valence-electron chi connectivity index (χ4n) is 16.3. The molecule has 2 fully saturated rings. The lowest BCUT2D eigenvalue weighted by molar-refractivity contribution is 0.137. The van der Waals surface area contributed by atoms with Gasteiger partial charge < -0.3 is 9.80 Å². The summed E-state index contributed by atoms with van der Waals surface area (Å²) in [5.74, 6) is 2.63. The van der Waals surface area contributed by atoms with Crippen molar-refractivity contribution in [2.24, 2.45) is 17.8 Å². The van der Waals surface area contributed by atoms with E-state index in [4.69, 9.17) is 0 Å². The van der Waals surface area contributed by atoms with E-state index in [-0.39, 0.29) is 5.41 Å². The molecule has 0 amide bonds. The number of hydrogen-bond donors (Lipinski definition) is 0. The van der Waals surface area contributed by atoms with Crippen molar-refractivity contribution in [3.05, 3.63) is 300 Å². The second-order valence-corrected chi connectivity index (χ2v) is 24.8. The van der Waals surface area contributed by atoms with Crippen LogP contribution in [0, 0.1) is 17.8 Å². The predicted molar refractivity (Wildman–Crippen MR) is 342 cm³/mol. The molecule has 3 unspecified atom stereocenters. The van der Waals surface area contributed by atoms with Gasteiger partial charge in [-0.15, -0.1) is 0 Å². The van der Waals surface area contributed by atoms with E-state index in [1.807, 2.05) is 0 Å². The number of anilines is 6. The second kappa shape index (κ2) is 19.3. The van der Waals surface area contributed by atoms with Gasteiger partial charge in [-0.1, -0.05) is 221 Å². The van der Waals surface area contributed by atoms with Gasteiger partial charge in [0, 0.05) is 39.3 Å². The minimum absolute atomic E-state index is 0.112. The van der Waals surface area contributed by atoms with Crippen molar-refractivity contribution in [1.29, 1.82) is 0 Å². The summed E-state index contributed by atoms with van der Waals surface area (Å²) in [7, 11) is 0. The Balaban J connectivity index is 0.952. The van der Waals surface area contributed by atoms with E-state index in [1.165, 1.54) is 140 Å². The van der Waals surface area contributed by atoms with Crippen molar-refractivity contribution in [2.45, 2.75) is 69.6 Å². The molecule has 2 bridgehead atoms. The van der Waals surface area contributed by atoms with Crippen LogP contribution in [-0.2, 0) is 17.3 Å². The third kappa shape index (κ3) is 7.67. The fourth-order valence-corrected chi connectivity index (χ4v) is 16.3. The Bertz CT molecular complexity index is 4190. The summed E-state index contributed by atoms with van der Waals surface area (Å²) in [5.41, 5.74) is 28.0. The summed E-state index contributed by atoms with van der Waals surface area (Å²) >= 11 is 0. The lowest BCUT2D eigenvalue weighted by Gasteiger charge is -2.39. The van der Waals surface area contributed by atoms with Crippen LogP contribution in [0.3, 0.4) is 0 Å². The molecule has 0 heterocycles. The molecule has 0 radical (unpaired) electrons. The quantitative estimate of drug-likeness (QED) is 0.135. The molecule has 0 aromatic heterocycles. The highest BCUT2D eigenvalue weighted by Gasteiger charge is 2.53. The minimum atomic E-state index is -0.667. The molecule has 11 aromatic carbocycles. The summed E-state index contributed by atoms with van der Waals surface area (Å²) in [6.07, 6.45) is 9.71. The molecule has 0 aliphatic heterocycles. The summed E-state index contributed by atoms with van der Waals surface area (Å²) in [5, 5.41) is 0. The van der Waals surface area contributed by atoms with Crippen molar-refractivity contribution in [3.8, 4) is 55.6 Å². The molecule has 82 heavy (non-hydrogen) atoms. The molecule has 2 heteroatoms. The number of rotatable bonds is 10. The maximum Gasteiger partial charge on any atom is 0.0727 e. The molecule has 5 aliphatic rings. The number of para-hydroxylation sites is 3. The van der Waals surface area contributed by atoms with E-state index in [1.54, 1.807) is 0 Å². The maximum atomic E-state index is 2.60. The molecular weight excluding hydrogens is 989 g/mol. The van der Waals surface area contributed by atoms with Gasteiger partial charge in [-0.25, -0.2) is 0 Å². The van der Waals surface area contributed by atoms with Crippen molar-refractivity contribution >= 4 is 34.1 Å². The van der Waals surface area contributed by atoms with Crippen LogP contribution < -0.4 is 9.80 Å². The van der Waals surface area contributed by atoms with Crippen molar-refractivity contribution in [2.75, 3.05) is 9.80 Å². The first-order chi connectivity index (χ1) is 40.4. The van der Waals surface area contributed by atoms with Gasteiger partial charge in [0.1, 0.15) is 0 Å². The van der Waals surface area contributed by atoms with Crippen LogP contribution >= 0.6 is 0 Å². The Morgan fingerprint density at radius 3 is 1.27 bits per heavy atom. The molecule has 2 nitrogen and oxygen atoms in total. The lowest BCUT2D eigenvalue weighted by Crippen LogP contribution is -2.27. The maximum absolute atomic E-state index is 2.60. The summed E-state index contributed by atoms with van der Waals surface area (Å²) in [6, 6.07) is 99.2. The van der Waals surface area contributed by atoms with Crippen molar-refractivity contribution in [1.82, 2.24) is 0 Å². The first-order valence-corrected chi connectivity index (χ1v) is 30.1. The lowest BCUT2D eigenvalue weighted by atomic mass is 9.67. The smallest absolute Gasteiger partial charge is 0.0727 e. The van der Waals surface area contributed by atoms with Crippen LogP contribution in [-0.4, -0.2) is 0 Å². The zero-order valence-electron chi connectivity index (χ0n) is 46.9. The average Bonchev–Trinajstić information content (AvgIpc) is 1.79. The summed E-state index contributed by atoms with van der Waals surface area (Å²) in [6.45, 7) is 4.75. The number of benzene rings is 11. The molecule has 3 atom stereocenters. The van der Waals surface area contributed by atoms with E-state index in [0.29, 0.717) is 0 Å². The molecule has 5 aliphatic carbocycles. The monoisotopic (exact) mass is 1050 g/mol. The third-order valence-electron chi connectivity index (χ3n) is 19.8. The first-order valence-electron chi connectivity index (χ1n) is 30.1. The fraction of sp³-hybridized carbons (Fsp3) is 0.175. The number of fused-ring (bicyclic) bond motifs is 15. The molecule has 2 saturated carbocycles. The molecule has 16 rings (SSSR count). The van der Waals surface area contributed by atoms with Gasteiger partial charge in [-0.2, -0.15) is 0 Å². The Kier molecular flexibility index (Phi) is 11.5. The Hall–Kier alpha value is -8.98. The highest BCUT2D eigenvalue weighted by molar-refractivity contribution is 6.03. The SMILES string of the molecule is CC1(C)c2ccccc2-c2cc(N(c3ccccc3)c3cc4c(cc3-c3ccccc3)-c3ccccc3C43c4ccccc4-c4cc(-c5ccc(CC6CC7CCCC(C7)C6)cc5)c(N(c5ccccc5)c5ccccc5)cc43)ccc21. The van der Waals surface area contributed by atoms with Crippen LogP contribution in [0.1, 0.15) is 91.3 Å². The predicted octanol–water partition coefficient (Wildman–Crippen LogP) is 21.4. The van der Waals surface area contributed by atoms with Crippen LogP contribution in [0.25, 0.3) is 55.6 Å². The van der Waals surface area contributed by atoms with E-state index in [2.05, 4.69) is 285 Å². The van der Waals surface area contributed by atoms with Gasteiger partial charge in [-0.05, 0) is 200 Å². The van der Waals surface area contributed by atoms with Crippen LogP contribution in [0.15, 0.2) is 261 Å². The average molecular weight is 1060 g/mol. The van der Waals surface area contributed by atoms with E-state index < -0.39 is 5.41 Å². The summed E-state index contributed by atoms with van der Waals surface area (Å²) in [4.78, 5) is 5.05. The molecular formula is C80H66N2. The van der Waals surface area contributed by atoms with Gasteiger partial charge in [0.25, 0.3) is 0 Å². The topological polar surface area (TPSA) is 6.48 Å². The van der Waals surface area contributed by atoms with Crippen LogP contribution in [0.5, 0.6) is 0 Å². The number of nitrogens with zero attached hydrogens (tertiary/aromatic N) is 2. The van der Waals surface area contributed by atoms with E-state index in [0.717, 1.165) is 51.9 Å². The first kappa shape index (κ1) is 48.9. The Morgan fingerprint density at radius 2 is 0.744 bits per heavy atom. The third-order valence-corrected chi connectivity index (χ3v) is 19.8. The molecule has 1 spiro atoms. The standard InChI is InChI=1S/C80H66N2/c1-79(2)71-35-18-15-32-63(71)68-48-62(42-43-72(68)79)82(61-30-13-6-14-31-61)78-52-76-69(49-66(78)57-24-7-3-8-25-57)64-33-16-19-36-73(64)80(76)74-37-20-17-34-65(74)70-50-67(58-40-38-53(39-41-58)44-56-46-54-22-21-23-55(45-54)47-56)77(51-75(70)80)81(59-26-9-4-10-27-59)60-28-11-5-12-29-60/h3-20,24-43,48-52,54-56H,21-23,44-47H2,1-2H3. The zero-order chi connectivity index (χ0) is 54.5. The van der Waals surface area contributed by atoms with Gasteiger partial charge >= 0.3 is 0 Å². The van der Waals surface area contributed by atoms with E-state index >= 15 is 0 Å². The summed E-state index contributed by atoms with van der Waals surface area (Å²) < 4.78 is 0. The van der Waals surface area contributed by atoms with E-state index in [9.17, 15) is 0 Å². The van der Waals surface area contributed by atoms with Crippen LogP contribution in [0.4, 0.5) is 34.1 Å². The molecule has 11 aromatic rings. The van der Waals surface area contributed by atoms with Gasteiger partial charge in [0.2, 0.25) is 0 Å². The molecule has 0 saturated heterocycles. The van der Waals surface area contributed by atoms with Gasteiger partial charge in [0.15, 0.2) is 0 Å². The highest BCUT2D eigenvalue weighted by Crippen LogP contribution is 2.66. The molecule has 0 N–H and O–H groups in total. The molecule has 396 valence electrons. The van der Waals surface area contributed by atoms with Gasteiger partial charge in [-0.3, -0.25) is 0 Å². The van der Waals surface area contributed by atoms with Crippen LogP contribution in [0.2, 0.25) is 0 Å². The normalized spacial score (nSPS) is 19.1. The van der Waals surface area contributed by atoms with Gasteiger partial charge in [0.05, 0.1) is 16.8 Å². The van der Waals surface area contributed by atoms with Crippen molar-refractivity contribution in [3.63, 3.8) is 0 Å². The second-order valence-electron chi connectivity index (χ2n) is 24.8. The minimum Gasteiger partial charge on any atom is -0.310 e. The zero-order valence-corrected chi connectivity index (χ0v) is 46.9. The Morgan fingerprint density at radius 1 is 0.329 bits per heavy atom. The van der Waals surface area contributed by atoms with Crippen molar-refractivity contribution < 1.29 is 0 Å². The highest BCUT2D eigenvalue weighted by atomic mass is 15.2.